The molecule has 0 spiro atoms. The van der Waals surface area contributed by atoms with Crippen LogP contribution in [-0.2, 0) is 11.4 Å². The molecular formula is C25H16BrCl2F3N2O3. The van der Waals surface area contributed by atoms with Gasteiger partial charge in [0.2, 0.25) is 0 Å². The van der Waals surface area contributed by atoms with Crippen molar-refractivity contribution in [2.75, 3.05) is 12.1 Å². The first-order valence-electron chi connectivity index (χ1n) is 10.3. The third-order valence-corrected chi connectivity index (χ3v) is 6.27. The van der Waals surface area contributed by atoms with Crippen LogP contribution in [0, 0.1) is 0 Å². The number of amides is 1. The second-order valence-electron chi connectivity index (χ2n) is 7.52. The van der Waals surface area contributed by atoms with Crippen LogP contribution < -0.4 is 14.5 Å². The molecule has 0 bridgehead atoms. The van der Waals surface area contributed by atoms with Gasteiger partial charge >= 0.3 is 6.18 Å². The number of methoxy groups -OCH3 is 1. The summed E-state index contributed by atoms with van der Waals surface area (Å²) in [6.07, 6.45) is -3.72. The van der Waals surface area contributed by atoms with Crippen molar-refractivity contribution in [3.05, 3.63) is 91.9 Å². The fourth-order valence-electron chi connectivity index (χ4n) is 3.42. The maximum absolute atomic E-state index is 13.8. The topological polar surface area (TPSA) is 51.1 Å². The van der Waals surface area contributed by atoms with E-state index in [2.05, 4.69) is 21.0 Å². The van der Waals surface area contributed by atoms with Gasteiger partial charge in [-0.05, 0) is 64.0 Å². The molecule has 0 fully saturated rings. The summed E-state index contributed by atoms with van der Waals surface area (Å²) in [5, 5.41) is 5.19. The van der Waals surface area contributed by atoms with Crippen LogP contribution in [0.5, 0.6) is 11.5 Å². The molecule has 0 aromatic heterocycles. The molecule has 0 atom stereocenters. The molecule has 0 aliphatic carbocycles. The number of anilines is 1. The third-order valence-electron chi connectivity index (χ3n) is 5.10. The lowest BCUT2D eigenvalue weighted by molar-refractivity contribution is -0.114. The SMILES string of the molecule is COc1cc(/C=C2\C(=O)N(c3ccccc3)N=C2C(F)(F)F)cc(Br)c1OCc1ccc(Cl)cc1Cl. The predicted molar refractivity (Wildman–Crippen MR) is 137 cm³/mol. The molecule has 1 amide bonds. The summed E-state index contributed by atoms with van der Waals surface area (Å²) in [6, 6.07) is 15.8. The van der Waals surface area contributed by atoms with Crippen molar-refractivity contribution < 1.29 is 27.4 Å². The first kappa shape index (κ1) is 26.1. The molecule has 0 saturated carbocycles. The highest BCUT2D eigenvalue weighted by Crippen LogP contribution is 2.39. The van der Waals surface area contributed by atoms with E-state index < -0.39 is 23.4 Å². The van der Waals surface area contributed by atoms with Crippen LogP contribution in [0.4, 0.5) is 18.9 Å². The molecule has 0 unspecified atom stereocenters. The second-order valence-corrected chi connectivity index (χ2v) is 9.21. The maximum atomic E-state index is 13.8. The fourth-order valence-corrected chi connectivity index (χ4v) is 4.45. The first-order chi connectivity index (χ1) is 17.1. The van der Waals surface area contributed by atoms with Crippen LogP contribution >= 0.6 is 39.1 Å². The van der Waals surface area contributed by atoms with Crippen molar-refractivity contribution in [1.82, 2.24) is 0 Å². The molecule has 11 heteroatoms. The number of nitrogens with zero attached hydrogens (tertiary/aromatic N) is 2. The molecule has 1 heterocycles. The lowest BCUT2D eigenvalue weighted by Gasteiger charge is -2.15. The Labute approximate surface area is 222 Å². The highest BCUT2D eigenvalue weighted by Gasteiger charge is 2.46. The number of carbonyl (C=O) groups is 1. The molecule has 0 N–H and O–H groups in total. The van der Waals surface area contributed by atoms with Crippen LogP contribution in [0.3, 0.4) is 0 Å². The molecule has 36 heavy (non-hydrogen) atoms. The van der Waals surface area contributed by atoms with E-state index in [-0.39, 0.29) is 23.6 Å². The van der Waals surface area contributed by atoms with E-state index >= 15 is 0 Å². The largest absolute Gasteiger partial charge is 0.493 e. The molecule has 186 valence electrons. The standard InChI is InChI=1S/C25H16BrCl2F3N2O3/c1-35-21-11-14(10-19(26)22(21)36-13-15-7-8-16(27)12-20(15)28)9-18-23(25(29,30)31)32-33(24(18)34)17-5-3-2-4-6-17/h2-12H,13H2,1H3/b18-9-. The average molecular weight is 600 g/mol. The van der Waals surface area contributed by atoms with E-state index in [1.54, 1.807) is 36.4 Å². The van der Waals surface area contributed by atoms with Crippen molar-refractivity contribution in [2.24, 2.45) is 5.10 Å². The zero-order valence-corrected chi connectivity index (χ0v) is 21.5. The lowest BCUT2D eigenvalue weighted by atomic mass is 10.1. The summed E-state index contributed by atoms with van der Waals surface area (Å²) in [7, 11) is 1.39. The van der Waals surface area contributed by atoms with Crippen molar-refractivity contribution in [2.45, 2.75) is 12.8 Å². The molecule has 0 saturated heterocycles. The average Bonchev–Trinajstić information content (AvgIpc) is 3.16. The van der Waals surface area contributed by atoms with E-state index in [1.807, 2.05) is 0 Å². The molecule has 5 nitrogen and oxygen atoms in total. The van der Waals surface area contributed by atoms with Gasteiger partial charge in [0, 0.05) is 15.6 Å². The Kier molecular flexibility index (Phi) is 7.63. The zero-order chi connectivity index (χ0) is 26.0. The summed E-state index contributed by atoms with van der Waals surface area (Å²) in [6.45, 7) is 0.0841. The summed E-state index contributed by atoms with van der Waals surface area (Å²) in [5.41, 5.74) is -0.724. The summed E-state index contributed by atoms with van der Waals surface area (Å²) >= 11 is 15.5. The Bertz CT molecular complexity index is 1380. The van der Waals surface area contributed by atoms with Gasteiger partial charge in [-0.25, -0.2) is 0 Å². The number of halogens is 6. The van der Waals surface area contributed by atoms with Crippen molar-refractivity contribution in [1.29, 1.82) is 0 Å². The van der Waals surface area contributed by atoms with E-state index in [0.717, 1.165) is 11.1 Å². The number of hydrazone groups is 1. The minimum atomic E-state index is -4.84. The Morgan fingerprint density at radius 1 is 1.08 bits per heavy atom. The minimum Gasteiger partial charge on any atom is -0.493 e. The highest BCUT2D eigenvalue weighted by molar-refractivity contribution is 9.10. The van der Waals surface area contributed by atoms with Gasteiger partial charge in [-0.1, -0.05) is 47.5 Å². The van der Waals surface area contributed by atoms with Gasteiger partial charge in [0.1, 0.15) is 6.61 Å². The van der Waals surface area contributed by atoms with Gasteiger partial charge in [-0.2, -0.15) is 23.3 Å². The number of hydrogen-bond donors (Lipinski definition) is 0. The Morgan fingerprint density at radius 3 is 2.44 bits per heavy atom. The molecular weight excluding hydrogens is 584 g/mol. The van der Waals surface area contributed by atoms with Crippen molar-refractivity contribution >= 4 is 62.5 Å². The fraction of sp³-hybridized carbons (Fsp3) is 0.120. The van der Waals surface area contributed by atoms with Crippen LogP contribution in [0.2, 0.25) is 10.0 Å². The van der Waals surface area contributed by atoms with Crippen molar-refractivity contribution in [3.63, 3.8) is 0 Å². The van der Waals surface area contributed by atoms with Crippen LogP contribution in [0.1, 0.15) is 11.1 Å². The van der Waals surface area contributed by atoms with Gasteiger partial charge in [0.25, 0.3) is 5.91 Å². The molecule has 4 rings (SSSR count). The normalized spacial score (nSPS) is 14.9. The second kappa shape index (κ2) is 10.5. The number of rotatable bonds is 6. The summed E-state index contributed by atoms with van der Waals surface area (Å²) in [4.78, 5) is 12.9. The summed E-state index contributed by atoms with van der Waals surface area (Å²) < 4.78 is 52.9. The zero-order valence-electron chi connectivity index (χ0n) is 18.4. The molecule has 1 aliphatic heterocycles. The van der Waals surface area contributed by atoms with Gasteiger partial charge in [0.05, 0.1) is 22.8 Å². The number of hydrogen-bond acceptors (Lipinski definition) is 4. The number of para-hydroxylation sites is 1. The third kappa shape index (κ3) is 5.53. The Morgan fingerprint density at radius 2 is 1.81 bits per heavy atom. The van der Waals surface area contributed by atoms with E-state index in [4.69, 9.17) is 32.7 Å². The number of ether oxygens (including phenoxy) is 2. The van der Waals surface area contributed by atoms with Crippen LogP contribution in [-0.4, -0.2) is 24.9 Å². The number of carbonyl (C=O) groups excluding carboxylic acids is 1. The van der Waals surface area contributed by atoms with Crippen LogP contribution in [0.25, 0.3) is 6.08 Å². The Balaban J connectivity index is 1.67. The van der Waals surface area contributed by atoms with E-state index in [1.165, 1.54) is 31.4 Å². The van der Waals surface area contributed by atoms with Gasteiger partial charge in [-0.15, -0.1) is 0 Å². The predicted octanol–water partition coefficient (Wildman–Crippen LogP) is 7.69. The maximum Gasteiger partial charge on any atom is 0.435 e. The quantitative estimate of drug-likeness (QED) is 0.273. The minimum absolute atomic E-state index is 0.0841. The smallest absolute Gasteiger partial charge is 0.435 e. The monoisotopic (exact) mass is 598 g/mol. The molecule has 3 aromatic rings. The molecule has 3 aromatic carbocycles. The van der Waals surface area contributed by atoms with Gasteiger partial charge in [0.15, 0.2) is 17.2 Å². The van der Waals surface area contributed by atoms with Gasteiger partial charge < -0.3 is 9.47 Å². The highest BCUT2D eigenvalue weighted by atomic mass is 79.9. The first-order valence-corrected chi connectivity index (χ1v) is 11.8. The molecule has 1 aliphatic rings. The van der Waals surface area contributed by atoms with Crippen LogP contribution in [0.15, 0.2) is 75.8 Å². The molecule has 0 radical (unpaired) electrons. The van der Waals surface area contributed by atoms with Crippen molar-refractivity contribution in [3.8, 4) is 11.5 Å². The van der Waals surface area contributed by atoms with E-state index in [9.17, 15) is 18.0 Å². The number of benzene rings is 3. The lowest BCUT2D eigenvalue weighted by Crippen LogP contribution is -2.25. The summed E-state index contributed by atoms with van der Waals surface area (Å²) in [5.74, 6) is -0.363. The number of alkyl halides is 3. The Hall–Kier alpha value is -3.01. The van der Waals surface area contributed by atoms with Gasteiger partial charge in [-0.3, -0.25) is 4.79 Å². The van der Waals surface area contributed by atoms with E-state index in [0.29, 0.717) is 25.8 Å².